The van der Waals surface area contributed by atoms with Crippen molar-refractivity contribution < 1.29 is 19.2 Å². The molecule has 0 bridgehead atoms. The number of nitrogens with one attached hydrogen (secondary N) is 2. The largest absolute Gasteiger partial charge is 0.352 e. The lowest BCUT2D eigenvalue weighted by molar-refractivity contribution is -0.120. The fourth-order valence-corrected chi connectivity index (χ4v) is 0.929. The monoisotopic (exact) mass is 324 g/mol. The van der Waals surface area contributed by atoms with E-state index < -0.39 is 10.8 Å². The van der Waals surface area contributed by atoms with Gasteiger partial charge in [-0.05, 0) is 13.0 Å². The van der Waals surface area contributed by atoms with Gasteiger partial charge in [0.25, 0.3) is 0 Å². The standard InChI is InChI=1S/C9H15NO2.C8H13NO2/c1-7(2)8(12)10-5-9(3,4)6-11;1-4-7(11)9-5-8(2,3)6-10/h6H,1,5H2,2-4H3,(H,10,12);4,6H,1,5H2,2-3H3,(H,9,11). The van der Waals surface area contributed by atoms with Crippen molar-refractivity contribution in [1.29, 1.82) is 0 Å². The van der Waals surface area contributed by atoms with Crippen LogP contribution in [0.2, 0.25) is 0 Å². The van der Waals surface area contributed by atoms with Gasteiger partial charge >= 0.3 is 0 Å². The van der Waals surface area contributed by atoms with E-state index in [1.165, 1.54) is 6.08 Å². The van der Waals surface area contributed by atoms with E-state index in [4.69, 9.17) is 0 Å². The molecule has 6 nitrogen and oxygen atoms in total. The Morgan fingerprint density at radius 2 is 1.35 bits per heavy atom. The second-order valence-corrected chi connectivity index (χ2v) is 6.60. The average molecular weight is 324 g/mol. The van der Waals surface area contributed by atoms with Gasteiger partial charge in [-0.1, -0.05) is 40.9 Å². The van der Waals surface area contributed by atoms with Crippen LogP contribution in [-0.4, -0.2) is 37.5 Å². The normalized spacial score (nSPS) is 10.5. The number of hydrogen-bond donors (Lipinski definition) is 2. The molecule has 0 aliphatic heterocycles. The SMILES string of the molecule is C=C(C)C(=O)NCC(C)(C)C=O.C=CC(=O)NCC(C)(C)C=O. The third-order valence-electron chi connectivity index (χ3n) is 2.63. The molecule has 0 fully saturated rings. The van der Waals surface area contributed by atoms with Crippen LogP contribution in [0.4, 0.5) is 0 Å². The smallest absolute Gasteiger partial charge is 0.246 e. The van der Waals surface area contributed by atoms with Gasteiger partial charge in [-0.2, -0.15) is 0 Å². The van der Waals surface area contributed by atoms with Crippen molar-refractivity contribution in [3.63, 3.8) is 0 Å². The van der Waals surface area contributed by atoms with Crippen molar-refractivity contribution >= 4 is 24.4 Å². The van der Waals surface area contributed by atoms with Gasteiger partial charge in [0.15, 0.2) is 0 Å². The molecule has 0 aliphatic rings. The predicted octanol–water partition coefficient (Wildman–Crippen LogP) is 1.42. The molecule has 0 radical (unpaired) electrons. The van der Waals surface area contributed by atoms with Crippen molar-refractivity contribution in [3.8, 4) is 0 Å². The molecule has 0 atom stereocenters. The molecule has 0 saturated heterocycles. The molecule has 0 saturated carbocycles. The molecule has 23 heavy (non-hydrogen) atoms. The molecule has 0 heterocycles. The molecule has 0 aromatic heterocycles. The summed E-state index contributed by atoms with van der Waals surface area (Å²) in [6.45, 7) is 16.1. The van der Waals surface area contributed by atoms with Crippen molar-refractivity contribution in [2.75, 3.05) is 13.1 Å². The van der Waals surface area contributed by atoms with Gasteiger partial charge in [0.1, 0.15) is 12.6 Å². The Balaban J connectivity index is 0. The second kappa shape index (κ2) is 10.5. The molecule has 130 valence electrons. The highest BCUT2D eigenvalue weighted by Crippen LogP contribution is 2.08. The summed E-state index contributed by atoms with van der Waals surface area (Å²) in [4.78, 5) is 42.4. The molecule has 2 N–H and O–H groups in total. The summed E-state index contributed by atoms with van der Waals surface area (Å²) in [6.07, 6.45) is 2.82. The first kappa shape index (κ1) is 23.0. The van der Waals surface area contributed by atoms with E-state index in [0.717, 1.165) is 12.6 Å². The van der Waals surface area contributed by atoms with Crippen LogP contribution >= 0.6 is 0 Å². The van der Waals surface area contributed by atoms with E-state index in [9.17, 15) is 19.2 Å². The van der Waals surface area contributed by atoms with E-state index in [-0.39, 0.29) is 11.8 Å². The maximum Gasteiger partial charge on any atom is 0.246 e. The van der Waals surface area contributed by atoms with Gasteiger partial charge in [-0.3, -0.25) is 9.59 Å². The Bertz CT molecular complexity index is 465. The van der Waals surface area contributed by atoms with Gasteiger partial charge in [0, 0.05) is 29.5 Å². The van der Waals surface area contributed by atoms with Gasteiger partial charge in [-0.15, -0.1) is 0 Å². The highest BCUT2D eigenvalue weighted by molar-refractivity contribution is 5.92. The topological polar surface area (TPSA) is 92.3 Å². The summed E-state index contributed by atoms with van der Waals surface area (Å²) in [5.41, 5.74) is -0.527. The molecule has 2 amide bonds. The summed E-state index contributed by atoms with van der Waals surface area (Å²) in [7, 11) is 0. The van der Waals surface area contributed by atoms with Gasteiger partial charge in [-0.25, -0.2) is 0 Å². The fraction of sp³-hybridized carbons (Fsp3) is 0.529. The van der Waals surface area contributed by atoms with Crippen LogP contribution < -0.4 is 10.6 Å². The zero-order valence-electron chi connectivity index (χ0n) is 14.7. The summed E-state index contributed by atoms with van der Waals surface area (Å²) in [5, 5.41) is 5.14. The van der Waals surface area contributed by atoms with Gasteiger partial charge in [0.2, 0.25) is 11.8 Å². The quantitative estimate of drug-likeness (QED) is 0.522. The minimum Gasteiger partial charge on any atom is -0.352 e. The van der Waals surface area contributed by atoms with Crippen molar-refractivity contribution in [1.82, 2.24) is 10.6 Å². The van der Waals surface area contributed by atoms with Gasteiger partial charge in [0.05, 0.1) is 0 Å². The van der Waals surface area contributed by atoms with Crippen LogP contribution in [0.5, 0.6) is 0 Å². The second-order valence-electron chi connectivity index (χ2n) is 6.60. The zero-order chi connectivity index (χ0) is 18.7. The lowest BCUT2D eigenvalue weighted by atomic mass is 9.96. The lowest BCUT2D eigenvalue weighted by Crippen LogP contribution is -2.35. The molecular weight excluding hydrogens is 296 g/mol. The molecule has 6 heteroatoms. The first-order chi connectivity index (χ1) is 10.4. The predicted molar refractivity (Wildman–Crippen MR) is 90.7 cm³/mol. The minimum atomic E-state index is -0.495. The first-order valence-electron chi connectivity index (χ1n) is 7.17. The molecule has 0 aromatic rings. The summed E-state index contributed by atoms with van der Waals surface area (Å²) in [5.74, 6) is -0.454. The minimum absolute atomic E-state index is 0.204. The van der Waals surface area contributed by atoms with Crippen LogP contribution in [0.15, 0.2) is 24.8 Å². The van der Waals surface area contributed by atoms with Gasteiger partial charge < -0.3 is 20.2 Å². The van der Waals surface area contributed by atoms with Crippen LogP contribution in [0.1, 0.15) is 34.6 Å². The summed E-state index contributed by atoms with van der Waals surface area (Å²) in [6, 6.07) is 0. The highest BCUT2D eigenvalue weighted by Gasteiger charge is 2.17. The van der Waals surface area contributed by atoms with E-state index in [2.05, 4.69) is 23.8 Å². The Morgan fingerprint density at radius 3 is 1.65 bits per heavy atom. The van der Waals surface area contributed by atoms with E-state index in [1.807, 2.05) is 0 Å². The Hall–Kier alpha value is -2.24. The molecular formula is C17H28N2O4. The number of amides is 2. The van der Waals surface area contributed by atoms with Crippen molar-refractivity contribution in [3.05, 3.63) is 24.8 Å². The average Bonchev–Trinajstić information content (AvgIpc) is 2.50. The number of hydrogen-bond acceptors (Lipinski definition) is 4. The molecule has 0 aromatic carbocycles. The van der Waals surface area contributed by atoms with E-state index in [1.54, 1.807) is 34.6 Å². The lowest BCUT2D eigenvalue weighted by Gasteiger charge is -2.16. The summed E-state index contributed by atoms with van der Waals surface area (Å²) < 4.78 is 0. The molecule has 0 rings (SSSR count). The number of aldehydes is 2. The number of rotatable bonds is 8. The van der Waals surface area contributed by atoms with Crippen molar-refractivity contribution in [2.24, 2.45) is 10.8 Å². The van der Waals surface area contributed by atoms with Crippen LogP contribution in [0, 0.1) is 10.8 Å². The fourth-order valence-electron chi connectivity index (χ4n) is 0.929. The molecule has 0 unspecified atom stereocenters. The number of carbonyl (C=O) groups is 4. The zero-order valence-corrected chi connectivity index (χ0v) is 14.7. The maximum absolute atomic E-state index is 11.0. The third-order valence-corrected chi connectivity index (χ3v) is 2.63. The van der Waals surface area contributed by atoms with Crippen LogP contribution in [-0.2, 0) is 19.2 Å². The van der Waals surface area contributed by atoms with E-state index in [0.29, 0.717) is 18.7 Å². The third kappa shape index (κ3) is 13.2. The Labute approximate surface area is 138 Å². The van der Waals surface area contributed by atoms with E-state index >= 15 is 0 Å². The highest BCUT2D eigenvalue weighted by atomic mass is 16.2. The molecule has 0 spiro atoms. The number of carbonyl (C=O) groups excluding carboxylic acids is 4. The Kier molecular flexibility index (Phi) is 10.5. The van der Waals surface area contributed by atoms with Crippen molar-refractivity contribution in [2.45, 2.75) is 34.6 Å². The van der Waals surface area contributed by atoms with Crippen LogP contribution in [0.3, 0.4) is 0 Å². The molecule has 0 aliphatic carbocycles. The summed E-state index contributed by atoms with van der Waals surface area (Å²) >= 11 is 0. The first-order valence-corrected chi connectivity index (χ1v) is 7.17. The van der Waals surface area contributed by atoms with Crippen LogP contribution in [0.25, 0.3) is 0 Å². The maximum atomic E-state index is 11.0. The Morgan fingerprint density at radius 1 is 0.957 bits per heavy atom.